The molecule has 0 aromatic carbocycles. The summed E-state index contributed by atoms with van der Waals surface area (Å²) in [6.07, 6.45) is 62.1. The number of carbonyl (C=O) groups is 4. The Morgan fingerprint density at radius 1 is 0.250 bits per heavy atom. The summed E-state index contributed by atoms with van der Waals surface area (Å²) in [5.41, 5.74) is 0. The number of carbonyl (C=O) groups excluding carboxylic acids is 4. The molecule has 0 aliphatic rings. The molecule has 0 aliphatic carbocycles. The SMILES string of the molecule is CCCCCCCCCCCCCCCCC(=O)OC[C@H](COP(=O)(O)OCC(O)COP(=O)(O)OC[C@@H](COC(=O)CCCCCCCCCCCCCCCC)OC(=O)CCCCCCCCCCCCCCCC)OC(=O)CCCCCCCCCCCCCCCC. The predicted molar refractivity (Wildman–Crippen MR) is 391 cm³/mol. The first-order valence-electron chi connectivity index (χ1n) is 40.3. The summed E-state index contributed by atoms with van der Waals surface area (Å²) in [7, 11) is -9.91. The highest BCUT2D eigenvalue weighted by atomic mass is 31.2. The zero-order valence-electron chi connectivity index (χ0n) is 62.4. The van der Waals surface area contributed by atoms with E-state index in [0.29, 0.717) is 25.7 Å². The van der Waals surface area contributed by atoms with Crippen LogP contribution >= 0.6 is 15.6 Å². The molecule has 0 spiro atoms. The van der Waals surface area contributed by atoms with Gasteiger partial charge < -0.3 is 33.8 Å². The van der Waals surface area contributed by atoms with Crippen molar-refractivity contribution < 1.29 is 80.2 Å². The number of aliphatic hydroxyl groups excluding tert-OH is 1. The van der Waals surface area contributed by atoms with Crippen LogP contribution in [0.5, 0.6) is 0 Å². The van der Waals surface area contributed by atoms with E-state index < -0.39 is 97.5 Å². The first kappa shape index (κ1) is 94.1. The van der Waals surface area contributed by atoms with Crippen LogP contribution < -0.4 is 0 Å². The fourth-order valence-corrected chi connectivity index (χ4v) is 13.5. The Hall–Kier alpha value is -1.94. The van der Waals surface area contributed by atoms with Gasteiger partial charge in [0.15, 0.2) is 12.2 Å². The fourth-order valence-electron chi connectivity index (χ4n) is 11.9. The van der Waals surface area contributed by atoms with Crippen molar-refractivity contribution in [1.82, 2.24) is 0 Å². The first-order valence-corrected chi connectivity index (χ1v) is 43.3. The molecule has 4 atom stereocenters. The number of ether oxygens (including phenoxy) is 4. The van der Waals surface area contributed by atoms with Crippen molar-refractivity contribution in [2.75, 3.05) is 39.6 Å². The van der Waals surface area contributed by atoms with E-state index in [0.717, 1.165) is 89.9 Å². The minimum absolute atomic E-state index is 0.109. The Morgan fingerprint density at radius 3 is 0.615 bits per heavy atom. The highest BCUT2D eigenvalue weighted by Gasteiger charge is 2.30. The average Bonchev–Trinajstić information content (AvgIpc) is 1.28. The van der Waals surface area contributed by atoms with Crippen LogP contribution in [0.1, 0.15) is 413 Å². The van der Waals surface area contributed by atoms with Gasteiger partial charge in [0.1, 0.15) is 19.3 Å². The smallest absolute Gasteiger partial charge is 0.462 e. The van der Waals surface area contributed by atoms with Crippen molar-refractivity contribution in [3.63, 3.8) is 0 Å². The Labute approximate surface area is 588 Å². The average molecular weight is 1410 g/mol. The van der Waals surface area contributed by atoms with Crippen LogP contribution in [0.3, 0.4) is 0 Å². The van der Waals surface area contributed by atoms with Crippen LogP contribution in [0.4, 0.5) is 0 Å². The van der Waals surface area contributed by atoms with Crippen molar-refractivity contribution in [1.29, 1.82) is 0 Å². The van der Waals surface area contributed by atoms with Crippen molar-refractivity contribution in [3.05, 3.63) is 0 Å². The monoisotopic (exact) mass is 1410 g/mol. The van der Waals surface area contributed by atoms with Gasteiger partial charge in [-0.3, -0.25) is 37.3 Å². The van der Waals surface area contributed by atoms with Crippen molar-refractivity contribution in [2.24, 2.45) is 0 Å². The number of unbranched alkanes of at least 4 members (excludes halogenated alkanes) is 52. The summed E-state index contributed by atoms with van der Waals surface area (Å²) >= 11 is 0. The molecule has 0 saturated carbocycles. The molecule has 0 aromatic rings. The first-order chi connectivity index (χ1) is 46.7. The fraction of sp³-hybridized carbons (Fsp3) is 0.948. The van der Waals surface area contributed by atoms with Gasteiger partial charge in [-0.25, -0.2) is 9.13 Å². The van der Waals surface area contributed by atoms with Crippen LogP contribution in [-0.2, 0) is 65.4 Å². The zero-order valence-corrected chi connectivity index (χ0v) is 64.1. The van der Waals surface area contributed by atoms with Gasteiger partial charge in [-0.2, -0.15) is 0 Å². The van der Waals surface area contributed by atoms with Crippen molar-refractivity contribution in [2.45, 2.75) is 431 Å². The molecular formula is C77H150O17P2. The predicted octanol–water partition coefficient (Wildman–Crippen LogP) is 23.0. The minimum atomic E-state index is -4.96. The molecule has 0 aliphatic heterocycles. The second kappa shape index (κ2) is 71.5. The van der Waals surface area contributed by atoms with E-state index in [4.69, 9.17) is 37.0 Å². The van der Waals surface area contributed by atoms with Gasteiger partial charge in [-0.1, -0.05) is 362 Å². The number of phosphoric ester groups is 2. The molecular weight excluding hydrogens is 1260 g/mol. The molecule has 19 heteroatoms. The Balaban J connectivity index is 5.26. The largest absolute Gasteiger partial charge is 0.472 e. The number of aliphatic hydroxyl groups is 1. The molecule has 0 heterocycles. The molecule has 0 fully saturated rings. The van der Waals surface area contributed by atoms with Gasteiger partial charge in [0, 0.05) is 25.7 Å². The summed E-state index contributed by atoms with van der Waals surface area (Å²) in [6, 6.07) is 0. The van der Waals surface area contributed by atoms with E-state index in [-0.39, 0.29) is 25.7 Å². The maximum Gasteiger partial charge on any atom is 0.472 e. The molecule has 0 aromatic heterocycles. The number of hydrogen-bond acceptors (Lipinski definition) is 15. The standard InChI is InChI=1S/C77H150O17P2/c1-5-9-13-17-21-25-29-33-37-41-45-49-53-57-61-74(79)87-67-72(93-76(81)63-59-55-51-47-43-39-35-31-27-23-19-15-11-7-3)69-91-95(83,84)89-65-71(78)66-90-96(85,86)92-70-73(94-77(82)64-60-56-52-48-44-40-36-32-28-24-20-16-12-8-4)68-88-75(80)62-58-54-50-46-42-38-34-30-26-22-18-14-10-6-2/h71-73,78H,5-70H2,1-4H3,(H,83,84)(H,85,86)/t72-,73-/m1/s1. The number of hydrogen-bond donors (Lipinski definition) is 3. The van der Waals surface area contributed by atoms with E-state index in [2.05, 4.69) is 27.7 Å². The third-order valence-corrected chi connectivity index (χ3v) is 20.0. The summed E-state index contributed by atoms with van der Waals surface area (Å²) in [4.78, 5) is 72.9. The molecule has 0 amide bonds. The molecule has 0 radical (unpaired) electrons. The summed E-state index contributed by atoms with van der Waals surface area (Å²) in [5, 5.41) is 10.6. The quantitative estimate of drug-likeness (QED) is 0.0222. The van der Waals surface area contributed by atoms with E-state index in [1.807, 2.05) is 0 Å². The topological polar surface area (TPSA) is 237 Å². The molecule has 570 valence electrons. The van der Waals surface area contributed by atoms with E-state index in [9.17, 15) is 43.2 Å². The minimum Gasteiger partial charge on any atom is -0.462 e. The molecule has 17 nitrogen and oxygen atoms in total. The lowest BCUT2D eigenvalue weighted by atomic mass is 10.0. The van der Waals surface area contributed by atoms with Crippen LogP contribution in [-0.4, -0.2) is 96.7 Å². The molecule has 0 rings (SSSR count). The Kier molecular flexibility index (Phi) is 70.0. The maximum absolute atomic E-state index is 13.1. The van der Waals surface area contributed by atoms with Gasteiger partial charge in [0.05, 0.1) is 26.4 Å². The molecule has 3 N–H and O–H groups in total. The van der Waals surface area contributed by atoms with Crippen molar-refractivity contribution >= 4 is 39.5 Å². The summed E-state index contributed by atoms with van der Waals surface area (Å²) in [6.45, 7) is 5.02. The number of rotatable bonds is 78. The third kappa shape index (κ3) is 70.5. The number of phosphoric acid groups is 2. The Bertz CT molecular complexity index is 1700. The van der Waals surface area contributed by atoms with Crippen LogP contribution in [0.2, 0.25) is 0 Å². The summed E-state index contributed by atoms with van der Waals surface area (Å²) in [5.74, 6) is -2.11. The second-order valence-corrected chi connectivity index (χ2v) is 30.7. The molecule has 0 saturated heterocycles. The van der Waals surface area contributed by atoms with Gasteiger partial charge in [0.2, 0.25) is 0 Å². The highest BCUT2D eigenvalue weighted by Crippen LogP contribution is 2.45. The lowest BCUT2D eigenvalue weighted by molar-refractivity contribution is -0.161. The van der Waals surface area contributed by atoms with Crippen LogP contribution in [0, 0.1) is 0 Å². The Morgan fingerprint density at radius 2 is 0.417 bits per heavy atom. The van der Waals surface area contributed by atoms with Crippen molar-refractivity contribution in [3.8, 4) is 0 Å². The van der Waals surface area contributed by atoms with E-state index in [1.165, 1.54) is 244 Å². The second-order valence-electron chi connectivity index (χ2n) is 27.7. The van der Waals surface area contributed by atoms with Gasteiger partial charge in [-0.15, -0.1) is 0 Å². The zero-order chi connectivity index (χ0) is 70.4. The number of esters is 4. The van der Waals surface area contributed by atoms with E-state index in [1.54, 1.807) is 0 Å². The van der Waals surface area contributed by atoms with Crippen LogP contribution in [0.25, 0.3) is 0 Å². The third-order valence-electron chi connectivity index (χ3n) is 18.1. The highest BCUT2D eigenvalue weighted by molar-refractivity contribution is 7.47. The van der Waals surface area contributed by atoms with Gasteiger partial charge in [-0.05, 0) is 25.7 Å². The van der Waals surface area contributed by atoms with Crippen LogP contribution in [0.15, 0.2) is 0 Å². The molecule has 96 heavy (non-hydrogen) atoms. The maximum atomic E-state index is 13.1. The van der Waals surface area contributed by atoms with Gasteiger partial charge in [0.25, 0.3) is 0 Å². The van der Waals surface area contributed by atoms with E-state index >= 15 is 0 Å². The summed E-state index contributed by atoms with van der Waals surface area (Å²) < 4.78 is 68.6. The lowest BCUT2D eigenvalue weighted by Crippen LogP contribution is -2.30. The molecule has 2 unspecified atom stereocenters. The normalized spacial score (nSPS) is 13.9. The van der Waals surface area contributed by atoms with Gasteiger partial charge >= 0.3 is 39.5 Å². The lowest BCUT2D eigenvalue weighted by Gasteiger charge is -2.21. The molecule has 0 bridgehead atoms.